The van der Waals surface area contributed by atoms with E-state index in [4.69, 9.17) is 11.6 Å². The number of fused-ring (bicyclic) bond motifs is 1. The molecule has 0 spiro atoms. The number of nitro benzene ring substituents is 1. The zero-order valence-electron chi connectivity index (χ0n) is 10.6. The van der Waals surface area contributed by atoms with Gasteiger partial charge in [0, 0.05) is 11.1 Å². The fourth-order valence-electron chi connectivity index (χ4n) is 2.09. The minimum absolute atomic E-state index is 0.0347. The van der Waals surface area contributed by atoms with Gasteiger partial charge in [-0.25, -0.2) is 4.98 Å². The van der Waals surface area contributed by atoms with Crippen LogP contribution < -0.4 is 0 Å². The van der Waals surface area contributed by atoms with Crippen LogP contribution in [0.15, 0.2) is 48.8 Å². The number of hydrogen-bond donors (Lipinski definition) is 0. The first kappa shape index (κ1) is 13.3. The summed E-state index contributed by atoms with van der Waals surface area (Å²) in [5, 5.41) is 11.3. The molecule has 0 N–H and O–H groups in total. The van der Waals surface area contributed by atoms with E-state index in [-0.39, 0.29) is 16.3 Å². The van der Waals surface area contributed by atoms with Gasteiger partial charge in [-0.3, -0.25) is 19.5 Å². The average Bonchev–Trinajstić information content (AvgIpc) is 2.90. The summed E-state index contributed by atoms with van der Waals surface area (Å²) >= 11 is 5.75. The highest BCUT2D eigenvalue weighted by Gasteiger charge is 2.22. The first-order valence-corrected chi connectivity index (χ1v) is 6.36. The van der Waals surface area contributed by atoms with Crippen LogP contribution in [0.25, 0.3) is 11.0 Å². The van der Waals surface area contributed by atoms with Gasteiger partial charge >= 0.3 is 0 Å². The number of imidazole rings is 1. The second-order valence-corrected chi connectivity index (χ2v) is 4.76. The highest BCUT2D eigenvalue weighted by Crippen LogP contribution is 2.25. The van der Waals surface area contributed by atoms with Crippen LogP contribution in [0.1, 0.15) is 10.4 Å². The molecule has 3 aromatic rings. The summed E-state index contributed by atoms with van der Waals surface area (Å²) in [4.78, 5) is 27.1. The summed E-state index contributed by atoms with van der Waals surface area (Å²) < 4.78 is 1.28. The molecular formula is C14H8ClN3O3. The standard InChI is InChI=1S/C14H8ClN3O3/c15-9-5-6-10(13(7-9)18(20)21)14(19)17-8-16-11-3-1-2-4-12(11)17/h1-8H. The summed E-state index contributed by atoms with van der Waals surface area (Å²) in [6, 6.07) is 11.0. The number of carbonyl (C=O) groups is 1. The average molecular weight is 302 g/mol. The predicted molar refractivity (Wildman–Crippen MR) is 77.6 cm³/mol. The zero-order valence-corrected chi connectivity index (χ0v) is 11.3. The number of rotatable bonds is 2. The van der Waals surface area contributed by atoms with E-state index in [0.717, 1.165) is 6.07 Å². The van der Waals surface area contributed by atoms with Crippen LogP contribution in [0.3, 0.4) is 0 Å². The van der Waals surface area contributed by atoms with Gasteiger partial charge in [-0.2, -0.15) is 0 Å². The topological polar surface area (TPSA) is 78.0 Å². The van der Waals surface area contributed by atoms with E-state index in [9.17, 15) is 14.9 Å². The van der Waals surface area contributed by atoms with E-state index >= 15 is 0 Å². The second-order valence-electron chi connectivity index (χ2n) is 4.33. The Morgan fingerprint density at radius 1 is 1.24 bits per heavy atom. The van der Waals surface area contributed by atoms with Crippen LogP contribution in [-0.2, 0) is 0 Å². The quantitative estimate of drug-likeness (QED) is 0.537. The Morgan fingerprint density at radius 2 is 2.00 bits per heavy atom. The maximum atomic E-state index is 12.5. The lowest BCUT2D eigenvalue weighted by Crippen LogP contribution is -2.12. The molecule has 104 valence electrons. The van der Waals surface area contributed by atoms with Crippen LogP contribution in [0.2, 0.25) is 5.02 Å². The summed E-state index contributed by atoms with van der Waals surface area (Å²) in [6.07, 6.45) is 1.35. The van der Waals surface area contributed by atoms with E-state index in [1.807, 2.05) is 0 Å². The van der Waals surface area contributed by atoms with Gasteiger partial charge in [-0.15, -0.1) is 0 Å². The molecule has 1 heterocycles. The van der Waals surface area contributed by atoms with Crippen LogP contribution in [0, 0.1) is 10.1 Å². The van der Waals surface area contributed by atoms with E-state index in [1.54, 1.807) is 24.3 Å². The number of carbonyl (C=O) groups excluding carboxylic acids is 1. The van der Waals surface area contributed by atoms with Crippen LogP contribution in [0.4, 0.5) is 5.69 Å². The number of nitrogens with zero attached hydrogens (tertiary/aromatic N) is 3. The van der Waals surface area contributed by atoms with Gasteiger partial charge in [0.1, 0.15) is 11.9 Å². The monoisotopic (exact) mass is 301 g/mol. The number of para-hydroxylation sites is 2. The molecule has 3 rings (SSSR count). The van der Waals surface area contributed by atoms with Crippen molar-refractivity contribution in [2.45, 2.75) is 0 Å². The predicted octanol–water partition coefficient (Wildman–Crippen LogP) is 3.29. The summed E-state index contributed by atoms with van der Waals surface area (Å²) in [6.45, 7) is 0. The molecule has 0 unspecified atom stereocenters. The zero-order chi connectivity index (χ0) is 15.0. The molecule has 0 radical (unpaired) electrons. The molecule has 1 aromatic heterocycles. The molecule has 0 atom stereocenters. The molecule has 0 fully saturated rings. The Balaban J connectivity index is 2.17. The molecule has 6 nitrogen and oxygen atoms in total. The first-order chi connectivity index (χ1) is 10.1. The maximum absolute atomic E-state index is 12.5. The molecular weight excluding hydrogens is 294 g/mol. The second kappa shape index (κ2) is 4.99. The third kappa shape index (κ3) is 2.25. The number of nitro groups is 1. The third-order valence-corrected chi connectivity index (χ3v) is 3.29. The van der Waals surface area contributed by atoms with Gasteiger partial charge in [-0.1, -0.05) is 23.7 Å². The molecule has 21 heavy (non-hydrogen) atoms. The molecule has 0 bridgehead atoms. The first-order valence-electron chi connectivity index (χ1n) is 5.98. The van der Waals surface area contributed by atoms with Gasteiger partial charge in [-0.05, 0) is 24.3 Å². The van der Waals surface area contributed by atoms with Gasteiger partial charge < -0.3 is 0 Å². The largest absolute Gasteiger partial charge is 0.283 e. The van der Waals surface area contributed by atoms with Crippen molar-refractivity contribution >= 4 is 34.2 Å². The van der Waals surface area contributed by atoms with Gasteiger partial charge in [0.25, 0.3) is 11.6 Å². The summed E-state index contributed by atoms with van der Waals surface area (Å²) in [7, 11) is 0. The van der Waals surface area contributed by atoms with Crippen molar-refractivity contribution in [2.75, 3.05) is 0 Å². The van der Waals surface area contributed by atoms with Crippen molar-refractivity contribution in [1.82, 2.24) is 9.55 Å². The maximum Gasteiger partial charge on any atom is 0.283 e. The molecule has 0 amide bonds. The van der Waals surface area contributed by atoms with Gasteiger partial charge in [0.05, 0.1) is 16.0 Å². The minimum atomic E-state index is -0.627. The van der Waals surface area contributed by atoms with Crippen molar-refractivity contribution < 1.29 is 9.72 Å². The van der Waals surface area contributed by atoms with Crippen molar-refractivity contribution in [3.63, 3.8) is 0 Å². The van der Waals surface area contributed by atoms with E-state index in [0.29, 0.717) is 11.0 Å². The van der Waals surface area contributed by atoms with E-state index < -0.39 is 10.8 Å². The smallest absolute Gasteiger partial charge is 0.268 e. The molecule has 2 aromatic carbocycles. The molecule has 0 saturated carbocycles. The van der Waals surface area contributed by atoms with E-state index in [1.165, 1.54) is 23.0 Å². The lowest BCUT2D eigenvalue weighted by molar-refractivity contribution is -0.385. The number of aromatic nitrogens is 2. The van der Waals surface area contributed by atoms with Gasteiger partial charge in [0.2, 0.25) is 0 Å². The molecule has 7 heteroatoms. The molecule has 0 aliphatic rings. The lowest BCUT2D eigenvalue weighted by atomic mass is 10.1. The van der Waals surface area contributed by atoms with Crippen LogP contribution in [-0.4, -0.2) is 20.4 Å². The Bertz CT molecular complexity index is 873. The fourth-order valence-corrected chi connectivity index (χ4v) is 2.25. The minimum Gasteiger partial charge on any atom is -0.268 e. The van der Waals surface area contributed by atoms with Gasteiger partial charge in [0.15, 0.2) is 0 Å². The summed E-state index contributed by atoms with van der Waals surface area (Å²) in [5.41, 5.74) is 0.868. The molecule has 0 aliphatic carbocycles. The Kier molecular flexibility index (Phi) is 3.15. The SMILES string of the molecule is O=C(c1ccc(Cl)cc1[N+](=O)[O-])n1cnc2ccccc21. The van der Waals surface area contributed by atoms with Crippen LogP contribution in [0.5, 0.6) is 0 Å². The summed E-state index contributed by atoms with van der Waals surface area (Å²) in [5.74, 6) is -0.521. The number of benzene rings is 2. The highest BCUT2D eigenvalue weighted by atomic mass is 35.5. The van der Waals surface area contributed by atoms with Crippen molar-refractivity contribution in [1.29, 1.82) is 0 Å². The Morgan fingerprint density at radius 3 is 2.76 bits per heavy atom. The van der Waals surface area contributed by atoms with E-state index in [2.05, 4.69) is 4.98 Å². The molecule has 0 aliphatic heterocycles. The molecule has 0 saturated heterocycles. The fraction of sp³-hybridized carbons (Fsp3) is 0. The normalized spacial score (nSPS) is 10.7. The third-order valence-electron chi connectivity index (χ3n) is 3.06. The van der Waals surface area contributed by atoms with Crippen molar-refractivity contribution in [3.8, 4) is 0 Å². The highest BCUT2D eigenvalue weighted by molar-refractivity contribution is 6.31. The van der Waals surface area contributed by atoms with Crippen molar-refractivity contribution in [3.05, 3.63) is 69.5 Å². The van der Waals surface area contributed by atoms with Crippen molar-refractivity contribution in [2.24, 2.45) is 0 Å². The Hall–Kier alpha value is -2.73. The van der Waals surface area contributed by atoms with Crippen LogP contribution >= 0.6 is 11.6 Å². The number of hydrogen-bond acceptors (Lipinski definition) is 4. The Labute approximate surface area is 123 Å². The number of halogens is 1. The lowest BCUT2D eigenvalue weighted by Gasteiger charge is -2.04.